The van der Waals surface area contributed by atoms with E-state index in [-0.39, 0.29) is 12.4 Å². The Balaban J connectivity index is 1.81. The van der Waals surface area contributed by atoms with Gasteiger partial charge in [0.15, 0.2) is 12.4 Å². The maximum Gasteiger partial charge on any atom is 0.373 e. The van der Waals surface area contributed by atoms with Gasteiger partial charge in [-0.15, -0.1) is 0 Å². The summed E-state index contributed by atoms with van der Waals surface area (Å²) in [6.07, 6.45) is 0. The Labute approximate surface area is 110 Å². The highest BCUT2D eigenvalue weighted by Gasteiger charge is 2.10. The van der Waals surface area contributed by atoms with Crippen LogP contribution in [0.25, 0.3) is 0 Å². The first-order valence-electron chi connectivity index (χ1n) is 5.74. The fourth-order valence-electron chi connectivity index (χ4n) is 1.47. The lowest BCUT2D eigenvalue weighted by Crippen LogP contribution is -2.13. The molecule has 4 nitrogen and oxygen atoms in total. The van der Waals surface area contributed by atoms with E-state index in [0.717, 1.165) is 0 Å². The van der Waals surface area contributed by atoms with Crippen LogP contribution in [-0.4, -0.2) is 18.4 Å². The van der Waals surface area contributed by atoms with Gasteiger partial charge in [-0.1, -0.05) is 48.5 Å². The quantitative estimate of drug-likeness (QED) is 0.469. The molecule has 2 aromatic rings. The summed E-state index contributed by atoms with van der Waals surface area (Å²) in [5.74, 6) is -0.872. The molecule has 0 aliphatic heterocycles. The van der Waals surface area contributed by atoms with Crippen molar-refractivity contribution < 1.29 is 19.4 Å². The molecule has 0 spiro atoms. The van der Waals surface area contributed by atoms with Crippen LogP contribution in [-0.2, 0) is 9.78 Å². The Bertz CT molecular complexity index is 497. The minimum atomic E-state index is -0.624. The number of benzene rings is 2. The zero-order chi connectivity index (χ0) is 13.5. The summed E-state index contributed by atoms with van der Waals surface area (Å²) >= 11 is 0. The van der Waals surface area contributed by atoms with Crippen molar-refractivity contribution in [3.05, 3.63) is 71.8 Å². The Hall–Kier alpha value is -2.46. The lowest BCUT2D eigenvalue weighted by molar-refractivity contribution is -0.230. The molecule has 4 heteroatoms. The van der Waals surface area contributed by atoms with Crippen molar-refractivity contribution in [2.24, 2.45) is 0 Å². The van der Waals surface area contributed by atoms with Crippen LogP contribution in [0.4, 0.5) is 0 Å². The Morgan fingerprint density at radius 2 is 1.32 bits per heavy atom. The first-order chi connectivity index (χ1) is 9.27. The molecule has 0 saturated heterocycles. The highest BCUT2D eigenvalue weighted by Crippen LogP contribution is 2.03. The number of carbonyl (C=O) groups excluding carboxylic acids is 2. The zero-order valence-electron chi connectivity index (χ0n) is 10.1. The van der Waals surface area contributed by atoms with Gasteiger partial charge in [0.1, 0.15) is 0 Å². The van der Waals surface area contributed by atoms with Gasteiger partial charge in [0.2, 0.25) is 0 Å². The van der Waals surface area contributed by atoms with Gasteiger partial charge in [0.05, 0.1) is 5.56 Å². The molecule has 2 rings (SSSR count). The number of hydrogen-bond donors (Lipinski definition) is 0. The zero-order valence-corrected chi connectivity index (χ0v) is 10.1. The molecule has 0 amide bonds. The van der Waals surface area contributed by atoms with E-state index in [0.29, 0.717) is 11.1 Å². The molecule has 0 saturated carbocycles. The van der Waals surface area contributed by atoms with Gasteiger partial charge in [-0.05, 0) is 12.1 Å². The second-order valence-electron chi connectivity index (χ2n) is 3.79. The van der Waals surface area contributed by atoms with Crippen LogP contribution in [0.15, 0.2) is 60.7 Å². The van der Waals surface area contributed by atoms with Crippen molar-refractivity contribution in [2.75, 3.05) is 6.61 Å². The van der Waals surface area contributed by atoms with Crippen molar-refractivity contribution in [1.82, 2.24) is 0 Å². The Kier molecular flexibility index (Phi) is 4.42. The van der Waals surface area contributed by atoms with E-state index >= 15 is 0 Å². The van der Waals surface area contributed by atoms with Crippen LogP contribution in [0.5, 0.6) is 0 Å². The molecule has 96 valence electrons. The minimum Gasteiger partial charge on any atom is -0.292 e. The Morgan fingerprint density at radius 3 is 1.89 bits per heavy atom. The topological polar surface area (TPSA) is 52.6 Å². The number of hydrogen-bond acceptors (Lipinski definition) is 4. The van der Waals surface area contributed by atoms with Crippen molar-refractivity contribution in [3.63, 3.8) is 0 Å². The van der Waals surface area contributed by atoms with Crippen LogP contribution in [0, 0.1) is 0 Å². The largest absolute Gasteiger partial charge is 0.373 e. The second-order valence-corrected chi connectivity index (χ2v) is 3.79. The number of carbonyl (C=O) groups is 2. The van der Waals surface area contributed by atoms with E-state index in [9.17, 15) is 9.59 Å². The highest BCUT2D eigenvalue weighted by molar-refractivity contribution is 5.97. The fraction of sp³-hybridized carbons (Fsp3) is 0.0667. The highest BCUT2D eigenvalue weighted by atomic mass is 17.2. The molecule has 0 radical (unpaired) electrons. The standard InChI is InChI=1S/C15H12O4/c16-14(12-7-3-1-4-8-12)11-18-19-15(17)13-9-5-2-6-10-13/h1-10H,11H2. The van der Waals surface area contributed by atoms with Crippen LogP contribution in [0.3, 0.4) is 0 Å². The molecular formula is C15H12O4. The molecule has 0 N–H and O–H groups in total. The van der Waals surface area contributed by atoms with E-state index in [1.165, 1.54) is 0 Å². The molecule has 0 bridgehead atoms. The van der Waals surface area contributed by atoms with E-state index < -0.39 is 5.97 Å². The lowest BCUT2D eigenvalue weighted by atomic mass is 10.1. The summed E-state index contributed by atoms with van der Waals surface area (Å²) in [5, 5.41) is 0. The molecular weight excluding hydrogens is 244 g/mol. The van der Waals surface area contributed by atoms with Gasteiger partial charge in [-0.3, -0.25) is 9.68 Å². The first kappa shape index (κ1) is 13.0. The average Bonchev–Trinajstić information content (AvgIpc) is 2.49. The van der Waals surface area contributed by atoms with E-state index in [4.69, 9.17) is 0 Å². The predicted molar refractivity (Wildman–Crippen MR) is 68.6 cm³/mol. The molecule has 0 aliphatic rings. The third kappa shape index (κ3) is 3.76. The van der Waals surface area contributed by atoms with Crippen LogP contribution < -0.4 is 0 Å². The summed E-state index contributed by atoms with van der Waals surface area (Å²) in [5.41, 5.74) is 0.882. The fourth-order valence-corrected chi connectivity index (χ4v) is 1.47. The van der Waals surface area contributed by atoms with Gasteiger partial charge >= 0.3 is 5.97 Å². The molecule has 0 unspecified atom stereocenters. The Morgan fingerprint density at radius 1 is 0.789 bits per heavy atom. The molecule has 0 heterocycles. The average molecular weight is 256 g/mol. The molecule has 0 atom stereocenters. The third-order valence-electron chi connectivity index (χ3n) is 2.43. The SMILES string of the molecule is O=C(COOC(=O)c1ccccc1)c1ccccc1. The molecule has 0 aliphatic carbocycles. The number of ketones is 1. The van der Waals surface area contributed by atoms with Crippen LogP contribution in [0.2, 0.25) is 0 Å². The lowest BCUT2D eigenvalue weighted by Gasteiger charge is -2.03. The molecule has 0 fully saturated rings. The monoisotopic (exact) mass is 256 g/mol. The smallest absolute Gasteiger partial charge is 0.292 e. The predicted octanol–water partition coefficient (Wildman–Crippen LogP) is 2.66. The third-order valence-corrected chi connectivity index (χ3v) is 2.43. The minimum absolute atomic E-state index is 0.249. The summed E-state index contributed by atoms with van der Waals surface area (Å²) in [7, 11) is 0. The van der Waals surface area contributed by atoms with Crippen molar-refractivity contribution in [2.45, 2.75) is 0 Å². The van der Waals surface area contributed by atoms with Gasteiger partial charge in [-0.25, -0.2) is 4.79 Å². The molecule has 2 aromatic carbocycles. The van der Waals surface area contributed by atoms with E-state index in [1.807, 2.05) is 6.07 Å². The summed E-state index contributed by atoms with van der Waals surface area (Å²) in [6, 6.07) is 17.1. The van der Waals surface area contributed by atoms with Gasteiger partial charge in [0, 0.05) is 5.56 Å². The normalized spacial score (nSPS) is 9.89. The van der Waals surface area contributed by atoms with Crippen molar-refractivity contribution in [3.8, 4) is 0 Å². The van der Waals surface area contributed by atoms with Gasteiger partial charge in [-0.2, -0.15) is 4.89 Å². The molecule has 0 aromatic heterocycles. The summed E-state index contributed by atoms with van der Waals surface area (Å²) in [6.45, 7) is -0.303. The van der Waals surface area contributed by atoms with Crippen LogP contribution >= 0.6 is 0 Å². The maximum atomic E-state index is 11.6. The van der Waals surface area contributed by atoms with E-state index in [1.54, 1.807) is 54.6 Å². The summed E-state index contributed by atoms with van der Waals surface area (Å²) < 4.78 is 0. The number of Topliss-reactive ketones (excluding diaryl/α,β-unsaturated/α-hetero) is 1. The van der Waals surface area contributed by atoms with Gasteiger partial charge < -0.3 is 0 Å². The van der Waals surface area contributed by atoms with Crippen molar-refractivity contribution >= 4 is 11.8 Å². The first-order valence-corrected chi connectivity index (χ1v) is 5.74. The van der Waals surface area contributed by atoms with Crippen molar-refractivity contribution in [1.29, 1.82) is 0 Å². The maximum absolute atomic E-state index is 11.6. The second kappa shape index (κ2) is 6.47. The summed E-state index contributed by atoms with van der Waals surface area (Å²) in [4.78, 5) is 32.4. The molecule has 19 heavy (non-hydrogen) atoms. The number of rotatable bonds is 5. The van der Waals surface area contributed by atoms with Crippen LogP contribution in [0.1, 0.15) is 20.7 Å². The van der Waals surface area contributed by atoms with Gasteiger partial charge in [0.25, 0.3) is 0 Å². The van der Waals surface area contributed by atoms with E-state index in [2.05, 4.69) is 9.78 Å².